The molecule has 0 radical (unpaired) electrons. The first-order valence-corrected chi connectivity index (χ1v) is 7.61. The van der Waals surface area contributed by atoms with Crippen molar-refractivity contribution in [2.45, 2.75) is 6.04 Å². The predicted octanol–water partition coefficient (Wildman–Crippen LogP) is 0.178. The van der Waals surface area contributed by atoms with Crippen LogP contribution >= 0.6 is 0 Å². The van der Waals surface area contributed by atoms with E-state index in [0.29, 0.717) is 11.9 Å². The Kier molecular flexibility index (Phi) is 4.04. The number of allylic oxidation sites excluding steroid dienone is 1. The number of para-hydroxylation sites is 1. The number of nitrogens with two attached hydrogens (primary N) is 2. The first-order chi connectivity index (χ1) is 11.0. The summed E-state index contributed by atoms with van der Waals surface area (Å²) in [6, 6.07) is 4.60. The molecule has 1 unspecified atom stereocenters. The fourth-order valence-corrected chi connectivity index (χ4v) is 3.11. The van der Waals surface area contributed by atoms with Crippen molar-refractivity contribution >= 4 is 5.70 Å². The number of likely N-dealkylation sites (N-methyl/N-ethyl adjacent to an activating group) is 1. The summed E-state index contributed by atoms with van der Waals surface area (Å²) >= 11 is 0. The van der Waals surface area contributed by atoms with Gasteiger partial charge in [0.1, 0.15) is 5.82 Å². The smallest absolute Gasteiger partial charge is 0.165 e. The maximum atomic E-state index is 13.5. The summed E-state index contributed by atoms with van der Waals surface area (Å²) in [4.78, 5) is 4.49. The number of hydrogen-bond acceptors (Lipinski definition) is 6. The minimum Gasteiger partial charge on any atom is -0.504 e. The third-order valence-electron chi connectivity index (χ3n) is 4.39. The van der Waals surface area contributed by atoms with E-state index in [-0.39, 0.29) is 11.3 Å². The van der Waals surface area contributed by atoms with Crippen molar-refractivity contribution in [3.63, 3.8) is 0 Å². The number of aromatic hydroxyl groups is 1. The first-order valence-electron chi connectivity index (χ1n) is 7.61. The van der Waals surface area contributed by atoms with Crippen LogP contribution in [0.3, 0.4) is 0 Å². The van der Waals surface area contributed by atoms with Crippen molar-refractivity contribution in [1.82, 2.24) is 15.1 Å². The van der Waals surface area contributed by atoms with Crippen molar-refractivity contribution in [3.05, 3.63) is 47.2 Å². The lowest BCUT2D eigenvalue weighted by atomic mass is 10.1. The molecular formula is C16H22FN5O. The van der Waals surface area contributed by atoms with Gasteiger partial charge in [-0.15, -0.1) is 0 Å². The van der Waals surface area contributed by atoms with Gasteiger partial charge in [-0.2, -0.15) is 0 Å². The second-order valence-corrected chi connectivity index (χ2v) is 6.02. The summed E-state index contributed by atoms with van der Waals surface area (Å²) in [5, 5.41) is 13.0. The van der Waals surface area contributed by atoms with Gasteiger partial charge in [0.2, 0.25) is 0 Å². The molecule has 1 aromatic carbocycles. The Morgan fingerprint density at radius 2 is 2.22 bits per heavy atom. The molecule has 0 aliphatic carbocycles. The zero-order valence-corrected chi connectivity index (χ0v) is 13.1. The molecule has 1 aromatic rings. The van der Waals surface area contributed by atoms with E-state index in [0.717, 1.165) is 31.9 Å². The predicted molar refractivity (Wildman–Crippen MR) is 87.4 cm³/mol. The van der Waals surface area contributed by atoms with E-state index in [1.165, 1.54) is 12.1 Å². The Morgan fingerprint density at radius 3 is 3.00 bits per heavy atom. The van der Waals surface area contributed by atoms with Crippen molar-refractivity contribution in [1.29, 1.82) is 0 Å². The van der Waals surface area contributed by atoms with Gasteiger partial charge in [0.05, 0.1) is 11.7 Å². The highest BCUT2D eigenvalue weighted by Crippen LogP contribution is 2.28. The molecule has 0 amide bonds. The number of nitrogens with zero attached hydrogens (tertiary/aromatic N) is 2. The van der Waals surface area contributed by atoms with Gasteiger partial charge in [0.15, 0.2) is 11.6 Å². The average Bonchev–Trinajstić information content (AvgIpc) is 2.52. The molecule has 1 fully saturated rings. The van der Waals surface area contributed by atoms with Crippen molar-refractivity contribution in [2.75, 3.05) is 33.2 Å². The molecular weight excluding hydrogens is 297 g/mol. The molecule has 6 nitrogen and oxygen atoms in total. The number of hydrogen-bond donors (Lipinski definition) is 4. The standard InChI is InChI=1S/C16H22FN5O/c1-21-5-6-22-10(9-21)8-20-16(19)14(22)7-13(18)11-3-2-4-12(17)15(11)23/h2-4,7,10,20,23H,5-6,8-9,18-19H2,1H3/b13-7-. The number of nitrogens with one attached hydrogen (secondary N) is 1. The summed E-state index contributed by atoms with van der Waals surface area (Å²) in [5.41, 5.74) is 13.5. The Balaban J connectivity index is 1.94. The van der Waals surface area contributed by atoms with Crippen LogP contribution in [-0.2, 0) is 0 Å². The minimum absolute atomic E-state index is 0.265. The molecule has 1 atom stereocenters. The largest absolute Gasteiger partial charge is 0.504 e. The molecule has 0 spiro atoms. The number of phenols is 1. The first kappa shape index (κ1) is 15.5. The normalized spacial score (nSPS) is 22.8. The maximum Gasteiger partial charge on any atom is 0.165 e. The molecule has 1 saturated heterocycles. The molecule has 6 N–H and O–H groups in total. The summed E-state index contributed by atoms with van der Waals surface area (Å²) < 4.78 is 13.5. The lowest BCUT2D eigenvalue weighted by Crippen LogP contribution is -2.58. The van der Waals surface area contributed by atoms with Crippen molar-refractivity contribution in [2.24, 2.45) is 11.5 Å². The van der Waals surface area contributed by atoms with Crippen LogP contribution in [0.1, 0.15) is 5.56 Å². The molecule has 2 aliphatic heterocycles. The highest BCUT2D eigenvalue weighted by atomic mass is 19.1. The minimum atomic E-state index is -0.694. The van der Waals surface area contributed by atoms with Gasteiger partial charge < -0.3 is 31.7 Å². The fourth-order valence-electron chi connectivity index (χ4n) is 3.11. The molecule has 2 heterocycles. The Hall–Kier alpha value is -2.41. The molecule has 2 aliphatic rings. The van der Waals surface area contributed by atoms with E-state index in [1.807, 2.05) is 0 Å². The highest BCUT2D eigenvalue weighted by molar-refractivity contribution is 5.70. The van der Waals surface area contributed by atoms with Crippen LogP contribution in [0.5, 0.6) is 5.75 Å². The zero-order chi connectivity index (χ0) is 16.6. The van der Waals surface area contributed by atoms with Crippen LogP contribution in [-0.4, -0.2) is 54.2 Å². The second kappa shape index (κ2) is 6.00. The van der Waals surface area contributed by atoms with Crippen LogP contribution in [0, 0.1) is 5.82 Å². The van der Waals surface area contributed by atoms with E-state index in [2.05, 4.69) is 22.2 Å². The Labute approximate surface area is 134 Å². The van der Waals surface area contributed by atoms with Crippen LogP contribution in [0.2, 0.25) is 0 Å². The molecule has 0 saturated carbocycles. The van der Waals surface area contributed by atoms with Gasteiger partial charge in [0.25, 0.3) is 0 Å². The van der Waals surface area contributed by atoms with Crippen LogP contribution in [0.25, 0.3) is 5.70 Å². The molecule has 0 aromatic heterocycles. The number of fused-ring (bicyclic) bond motifs is 1. The third kappa shape index (κ3) is 2.92. The third-order valence-corrected chi connectivity index (χ3v) is 4.39. The van der Waals surface area contributed by atoms with E-state index in [1.54, 1.807) is 12.1 Å². The Bertz CT molecular complexity index is 672. The summed E-state index contributed by atoms with van der Waals surface area (Å²) in [6.07, 6.45) is 1.70. The number of phenolic OH excluding ortho intramolecular Hbond substituents is 1. The summed E-state index contributed by atoms with van der Waals surface area (Å²) in [7, 11) is 2.09. The quantitative estimate of drug-likeness (QED) is 0.622. The number of halogens is 1. The van der Waals surface area contributed by atoms with Gasteiger partial charge in [-0.3, -0.25) is 0 Å². The Morgan fingerprint density at radius 1 is 1.43 bits per heavy atom. The van der Waals surface area contributed by atoms with Gasteiger partial charge in [0, 0.05) is 37.4 Å². The van der Waals surface area contributed by atoms with Crippen LogP contribution in [0.4, 0.5) is 4.39 Å². The fraction of sp³-hybridized carbons (Fsp3) is 0.375. The van der Waals surface area contributed by atoms with Gasteiger partial charge >= 0.3 is 0 Å². The van der Waals surface area contributed by atoms with Crippen LogP contribution in [0.15, 0.2) is 35.8 Å². The maximum absolute atomic E-state index is 13.5. The number of benzene rings is 1. The molecule has 0 bridgehead atoms. The topological polar surface area (TPSA) is 90.8 Å². The van der Waals surface area contributed by atoms with Gasteiger partial charge in [-0.25, -0.2) is 4.39 Å². The van der Waals surface area contributed by atoms with Crippen LogP contribution < -0.4 is 16.8 Å². The average molecular weight is 319 g/mol. The number of rotatable bonds is 2. The van der Waals surface area contributed by atoms with E-state index >= 15 is 0 Å². The van der Waals surface area contributed by atoms with E-state index in [4.69, 9.17) is 11.5 Å². The van der Waals surface area contributed by atoms with Crippen molar-refractivity contribution < 1.29 is 9.50 Å². The van der Waals surface area contributed by atoms with Crippen molar-refractivity contribution in [3.8, 4) is 5.75 Å². The van der Waals surface area contributed by atoms with E-state index < -0.39 is 11.6 Å². The lowest BCUT2D eigenvalue weighted by Gasteiger charge is -2.45. The lowest BCUT2D eigenvalue weighted by molar-refractivity contribution is 0.114. The van der Waals surface area contributed by atoms with Gasteiger partial charge in [-0.1, -0.05) is 6.07 Å². The highest BCUT2D eigenvalue weighted by Gasteiger charge is 2.30. The molecule has 7 heteroatoms. The molecule has 3 rings (SSSR count). The summed E-state index contributed by atoms with van der Waals surface area (Å²) in [5.74, 6) is -0.594. The monoisotopic (exact) mass is 319 g/mol. The second-order valence-electron chi connectivity index (χ2n) is 6.02. The number of piperazine rings is 1. The van der Waals surface area contributed by atoms with Gasteiger partial charge in [-0.05, 0) is 25.3 Å². The summed E-state index contributed by atoms with van der Waals surface area (Å²) in [6.45, 7) is 3.49. The zero-order valence-electron chi connectivity index (χ0n) is 13.1. The SMILES string of the molecule is CN1CCN2C(/C=C(\N)c3cccc(F)c3O)=C(N)NCC2C1. The molecule has 124 valence electrons. The van der Waals surface area contributed by atoms with E-state index in [9.17, 15) is 9.50 Å². The molecule has 23 heavy (non-hydrogen) atoms.